The number of likely N-dealkylation sites (N-methyl/N-ethyl adjacent to an activating group) is 1. The molecule has 0 N–H and O–H groups in total. The standard InChI is InChI=1S/C26H32N2O9S/c1-7-28(8-2)38(30,31)25-15-11-12-27(3)19(17(15)22(34-6)23-24(25)36-13-35-23)20-14-9-10-16(32-4)21(33-5)18(14)26(29)37-20/h9-10,19-20H,7-8,11-13H2,1-6H3. The van der Waals surface area contributed by atoms with E-state index in [1.165, 1.54) is 25.6 Å². The van der Waals surface area contributed by atoms with E-state index in [1.54, 1.807) is 26.0 Å². The molecule has 5 rings (SSSR count). The molecule has 0 aromatic heterocycles. The SMILES string of the molecule is CCN(CC)S(=O)(=O)c1c2c(c(OC)c3c1OCO3)C(C1OC(=O)c3c1ccc(OC)c3OC)N(C)CC2. The van der Waals surface area contributed by atoms with Crippen LogP contribution in [-0.2, 0) is 21.2 Å². The van der Waals surface area contributed by atoms with Crippen LogP contribution in [-0.4, -0.2) is 78.4 Å². The van der Waals surface area contributed by atoms with Gasteiger partial charge >= 0.3 is 5.97 Å². The Morgan fingerprint density at radius 1 is 1.03 bits per heavy atom. The molecule has 12 heteroatoms. The van der Waals surface area contributed by atoms with Crippen LogP contribution in [0.4, 0.5) is 0 Å². The van der Waals surface area contributed by atoms with Crippen molar-refractivity contribution < 1.29 is 41.6 Å². The average Bonchev–Trinajstić information content (AvgIpc) is 3.51. The van der Waals surface area contributed by atoms with Gasteiger partial charge in [0.15, 0.2) is 23.0 Å². The lowest BCUT2D eigenvalue weighted by molar-refractivity contribution is 0.00854. The van der Waals surface area contributed by atoms with Gasteiger partial charge < -0.3 is 28.4 Å². The molecule has 0 saturated carbocycles. The number of ether oxygens (including phenoxy) is 6. The first-order valence-electron chi connectivity index (χ1n) is 12.4. The predicted octanol–water partition coefficient (Wildman–Crippen LogP) is 2.91. The van der Waals surface area contributed by atoms with Gasteiger partial charge in [0.1, 0.15) is 16.6 Å². The molecule has 2 aromatic rings. The summed E-state index contributed by atoms with van der Waals surface area (Å²) in [6.07, 6.45) is -0.343. The smallest absolute Gasteiger partial charge is 0.343 e. The number of carbonyl (C=O) groups excluding carboxylic acids is 1. The molecule has 2 atom stereocenters. The average molecular weight is 549 g/mol. The van der Waals surface area contributed by atoms with E-state index < -0.39 is 28.1 Å². The number of rotatable bonds is 8. The van der Waals surface area contributed by atoms with Crippen molar-refractivity contribution in [3.8, 4) is 28.7 Å². The van der Waals surface area contributed by atoms with Crippen molar-refractivity contribution in [3.05, 3.63) is 34.4 Å². The molecule has 0 amide bonds. The second kappa shape index (κ2) is 9.83. The zero-order valence-electron chi connectivity index (χ0n) is 22.3. The molecule has 0 radical (unpaired) electrons. The normalized spacial score (nSPS) is 20.2. The fourth-order valence-corrected chi connectivity index (χ4v) is 7.60. The van der Waals surface area contributed by atoms with Crippen LogP contribution < -0.4 is 23.7 Å². The first kappa shape index (κ1) is 26.4. The van der Waals surface area contributed by atoms with E-state index in [0.717, 1.165) is 0 Å². The Balaban J connectivity index is 1.78. The zero-order chi connectivity index (χ0) is 27.4. The number of hydrogen-bond donors (Lipinski definition) is 0. The highest BCUT2D eigenvalue weighted by Crippen LogP contribution is 2.58. The minimum atomic E-state index is -3.94. The molecule has 0 bridgehead atoms. The fourth-order valence-electron chi connectivity index (χ4n) is 5.76. The summed E-state index contributed by atoms with van der Waals surface area (Å²) < 4.78 is 63.6. The summed E-state index contributed by atoms with van der Waals surface area (Å²) in [6.45, 7) is 4.57. The lowest BCUT2D eigenvalue weighted by Crippen LogP contribution is -2.38. The maximum Gasteiger partial charge on any atom is 0.343 e. The van der Waals surface area contributed by atoms with Crippen molar-refractivity contribution >= 4 is 16.0 Å². The summed E-state index contributed by atoms with van der Waals surface area (Å²) in [4.78, 5) is 15.3. The van der Waals surface area contributed by atoms with Gasteiger partial charge in [0.05, 0.1) is 27.4 Å². The molecule has 2 unspecified atom stereocenters. The minimum Gasteiger partial charge on any atom is -0.493 e. The molecule has 206 valence electrons. The van der Waals surface area contributed by atoms with Gasteiger partial charge in [-0.3, -0.25) is 4.90 Å². The maximum atomic E-state index is 14.0. The van der Waals surface area contributed by atoms with E-state index in [-0.39, 0.29) is 28.8 Å². The van der Waals surface area contributed by atoms with Gasteiger partial charge in [0.2, 0.25) is 22.6 Å². The fraction of sp³-hybridized carbons (Fsp3) is 0.500. The van der Waals surface area contributed by atoms with Crippen LogP contribution in [0.3, 0.4) is 0 Å². The van der Waals surface area contributed by atoms with E-state index in [4.69, 9.17) is 28.4 Å². The summed E-state index contributed by atoms with van der Waals surface area (Å²) in [7, 11) is 2.44. The maximum absolute atomic E-state index is 14.0. The van der Waals surface area contributed by atoms with Crippen LogP contribution in [0, 0.1) is 0 Å². The Labute approximate surface area is 222 Å². The Kier molecular flexibility index (Phi) is 6.82. The number of esters is 1. The number of fused-ring (bicyclic) bond motifs is 3. The van der Waals surface area contributed by atoms with Crippen LogP contribution in [0.15, 0.2) is 17.0 Å². The van der Waals surface area contributed by atoms with Gasteiger partial charge in [-0.05, 0) is 25.1 Å². The number of carbonyl (C=O) groups is 1. The van der Waals surface area contributed by atoms with E-state index in [9.17, 15) is 13.2 Å². The molecule has 0 spiro atoms. The summed E-state index contributed by atoms with van der Waals surface area (Å²) in [6, 6.07) is 2.93. The molecule has 2 aromatic carbocycles. The number of nitrogens with zero attached hydrogens (tertiary/aromatic N) is 2. The Bertz CT molecular complexity index is 1390. The lowest BCUT2D eigenvalue weighted by Gasteiger charge is -2.39. The van der Waals surface area contributed by atoms with Gasteiger partial charge in [0, 0.05) is 30.8 Å². The molecule has 0 fully saturated rings. The van der Waals surface area contributed by atoms with Crippen molar-refractivity contribution in [1.29, 1.82) is 0 Å². The van der Waals surface area contributed by atoms with Crippen LogP contribution in [0.1, 0.15) is 53.0 Å². The highest BCUT2D eigenvalue weighted by molar-refractivity contribution is 7.89. The van der Waals surface area contributed by atoms with Crippen molar-refractivity contribution in [2.24, 2.45) is 0 Å². The van der Waals surface area contributed by atoms with Crippen molar-refractivity contribution in [2.45, 2.75) is 37.3 Å². The van der Waals surface area contributed by atoms with E-state index in [0.29, 0.717) is 60.0 Å². The number of methoxy groups -OCH3 is 3. The summed E-state index contributed by atoms with van der Waals surface area (Å²) >= 11 is 0. The first-order valence-corrected chi connectivity index (χ1v) is 13.9. The summed E-state index contributed by atoms with van der Waals surface area (Å²) in [5.74, 6) is 0.915. The lowest BCUT2D eigenvalue weighted by atomic mass is 9.85. The third kappa shape index (κ3) is 3.69. The first-order chi connectivity index (χ1) is 18.2. The van der Waals surface area contributed by atoms with Gasteiger partial charge in [-0.25, -0.2) is 13.2 Å². The topological polar surface area (TPSA) is 113 Å². The number of benzene rings is 2. The third-order valence-electron chi connectivity index (χ3n) is 7.47. The second-order valence-corrected chi connectivity index (χ2v) is 11.1. The third-order valence-corrected chi connectivity index (χ3v) is 9.61. The van der Waals surface area contributed by atoms with Gasteiger partial charge in [-0.2, -0.15) is 4.31 Å². The van der Waals surface area contributed by atoms with E-state index in [1.807, 2.05) is 11.9 Å². The highest BCUT2D eigenvalue weighted by atomic mass is 32.2. The number of sulfonamides is 1. The Morgan fingerprint density at radius 2 is 1.71 bits per heavy atom. The van der Waals surface area contributed by atoms with Crippen LogP contribution in [0.2, 0.25) is 0 Å². The number of hydrogen-bond acceptors (Lipinski definition) is 10. The number of cyclic esters (lactones) is 1. The van der Waals surface area contributed by atoms with Crippen molar-refractivity contribution in [2.75, 3.05) is 54.8 Å². The molecule has 0 aliphatic carbocycles. The highest BCUT2D eigenvalue weighted by Gasteiger charge is 2.49. The Morgan fingerprint density at radius 3 is 2.34 bits per heavy atom. The minimum absolute atomic E-state index is 0.0828. The quantitative estimate of drug-likeness (QED) is 0.456. The molecule has 11 nitrogen and oxygen atoms in total. The zero-order valence-corrected chi connectivity index (χ0v) is 23.1. The molecule has 3 aliphatic heterocycles. The van der Waals surface area contributed by atoms with Gasteiger partial charge in [0.25, 0.3) is 0 Å². The molecule has 3 heterocycles. The van der Waals surface area contributed by atoms with Gasteiger partial charge in [-0.15, -0.1) is 0 Å². The largest absolute Gasteiger partial charge is 0.493 e. The van der Waals surface area contributed by atoms with Crippen LogP contribution >= 0.6 is 0 Å². The predicted molar refractivity (Wildman–Crippen MR) is 136 cm³/mol. The van der Waals surface area contributed by atoms with E-state index >= 15 is 0 Å². The van der Waals surface area contributed by atoms with Crippen LogP contribution in [0.5, 0.6) is 28.7 Å². The van der Waals surface area contributed by atoms with Crippen LogP contribution in [0.25, 0.3) is 0 Å². The molecule has 38 heavy (non-hydrogen) atoms. The molecule has 3 aliphatic rings. The second-order valence-electron chi connectivity index (χ2n) is 9.18. The molecule has 0 saturated heterocycles. The van der Waals surface area contributed by atoms with Crippen molar-refractivity contribution in [1.82, 2.24) is 9.21 Å². The molecular formula is C26H32N2O9S. The summed E-state index contributed by atoms with van der Waals surface area (Å²) in [5.41, 5.74) is 2.07. The van der Waals surface area contributed by atoms with Gasteiger partial charge in [-0.1, -0.05) is 19.9 Å². The molecular weight excluding hydrogens is 516 g/mol. The van der Waals surface area contributed by atoms with E-state index in [2.05, 4.69) is 0 Å². The summed E-state index contributed by atoms with van der Waals surface area (Å²) in [5, 5.41) is 0. The Hall–Kier alpha value is -3.22. The monoisotopic (exact) mass is 548 g/mol. The van der Waals surface area contributed by atoms with Crippen molar-refractivity contribution in [3.63, 3.8) is 0 Å².